The van der Waals surface area contributed by atoms with Gasteiger partial charge in [0.15, 0.2) is 0 Å². The number of carbonyl (C=O) groups excluding carboxylic acids is 1. The highest BCUT2D eigenvalue weighted by Gasteiger charge is 2.04. The van der Waals surface area contributed by atoms with Gasteiger partial charge in [-0.15, -0.1) is 0 Å². The van der Waals surface area contributed by atoms with Crippen molar-refractivity contribution in [1.82, 2.24) is 5.32 Å². The summed E-state index contributed by atoms with van der Waals surface area (Å²) in [5.74, 6) is -0.197. The third kappa shape index (κ3) is 27.2. The molecule has 0 fully saturated rings. The average molecular weight is 474 g/mol. The van der Waals surface area contributed by atoms with Crippen LogP contribution in [0.1, 0.15) is 135 Å². The van der Waals surface area contributed by atoms with Gasteiger partial charge in [-0.25, -0.2) is 0 Å². The second-order valence-corrected chi connectivity index (χ2v) is 10.7. The second-order valence-electron chi connectivity index (χ2n) is 9.09. The van der Waals surface area contributed by atoms with Crippen molar-refractivity contribution in [2.75, 3.05) is 12.3 Å². The molecular weight excluding hydrogens is 422 g/mol. The Morgan fingerprint density at radius 2 is 1.16 bits per heavy atom. The van der Waals surface area contributed by atoms with Crippen molar-refractivity contribution in [3.63, 3.8) is 0 Å². The molecule has 0 atom stereocenters. The summed E-state index contributed by atoms with van der Waals surface area (Å²) in [4.78, 5) is 11.7. The Balaban J connectivity index is 3.23. The van der Waals surface area contributed by atoms with E-state index in [0.29, 0.717) is 25.8 Å². The number of allylic oxidation sites excluding steroid dienone is 2. The standard InChI is InChI=1S/C26H51NO4S/c1-2-3-4-5-6-7-8-9-10-11-12-13-14-15-16-17-18-19-20-23-26(28)27-24-21-22-25-32(29,30)31/h9-10H,2-8,11-25H2,1H3,(H,27,28)(H,29,30,31)/b10-9-. The van der Waals surface area contributed by atoms with Gasteiger partial charge in [-0.3, -0.25) is 9.35 Å². The molecule has 0 spiro atoms. The maximum absolute atomic E-state index is 11.7. The van der Waals surface area contributed by atoms with Gasteiger partial charge in [0.25, 0.3) is 10.1 Å². The molecule has 0 saturated carbocycles. The molecule has 0 unspecified atom stereocenters. The Kier molecular flexibility index (Phi) is 22.6. The summed E-state index contributed by atoms with van der Waals surface area (Å²) in [5, 5.41) is 2.81. The Labute approximate surface area is 199 Å². The molecule has 0 heterocycles. The predicted octanol–water partition coefficient (Wildman–Crippen LogP) is 7.37. The summed E-state index contributed by atoms with van der Waals surface area (Å²) < 4.78 is 29.8. The van der Waals surface area contributed by atoms with Crippen LogP contribution in [0.4, 0.5) is 0 Å². The lowest BCUT2D eigenvalue weighted by atomic mass is 10.1. The molecule has 0 aromatic carbocycles. The van der Waals surface area contributed by atoms with E-state index in [4.69, 9.17) is 4.55 Å². The van der Waals surface area contributed by atoms with E-state index in [1.807, 2.05) is 0 Å². The Hall–Kier alpha value is -0.880. The highest BCUT2D eigenvalue weighted by molar-refractivity contribution is 7.85. The van der Waals surface area contributed by atoms with Crippen molar-refractivity contribution in [3.8, 4) is 0 Å². The van der Waals surface area contributed by atoms with Crippen molar-refractivity contribution >= 4 is 16.0 Å². The fourth-order valence-electron chi connectivity index (χ4n) is 3.79. The van der Waals surface area contributed by atoms with E-state index < -0.39 is 10.1 Å². The second kappa shape index (κ2) is 23.3. The van der Waals surface area contributed by atoms with Gasteiger partial charge in [0.1, 0.15) is 0 Å². The summed E-state index contributed by atoms with van der Waals surface area (Å²) >= 11 is 0. The van der Waals surface area contributed by atoms with E-state index >= 15 is 0 Å². The highest BCUT2D eigenvalue weighted by Crippen LogP contribution is 2.12. The lowest BCUT2D eigenvalue weighted by molar-refractivity contribution is -0.121. The normalized spacial score (nSPS) is 11.9. The molecule has 0 saturated heterocycles. The van der Waals surface area contributed by atoms with Gasteiger partial charge in [0, 0.05) is 13.0 Å². The van der Waals surface area contributed by atoms with Crippen LogP contribution >= 0.6 is 0 Å². The summed E-state index contributed by atoms with van der Waals surface area (Å²) in [6.07, 6.45) is 28.1. The van der Waals surface area contributed by atoms with Gasteiger partial charge in [0.2, 0.25) is 5.91 Å². The molecular formula is C26H51NO4S. The molecule has 0 aliphatic carbocycles. The number of rotatable bonds is 24. The number of hydrogen-bond donors (Lipinski definition) is 2. The van der Waals surface area contributed by atoms with Crippen LogP contribution in [0.25, 0.3) is 0 Å². The van der Waals surface area contributed by atoms with Crippen LogP contribution in [0.15, 0.2) is 12.2 Å². The van der Waals surface area contributed by atoms with E-state index in [-0.39, 0.29) is 11.7 Å². The van der Waals surface area contributed by atoms with Gasteiger partial charge >= 0.3 is 0 Å². The van der Waals surface area contributed by atoms with Crippen LogP contribution in [0.5, 0.6) is 0 Å². The first-order valence-electron chi connectivity index (χ1n) is 13.3. The van der Waals surface area contributed by atoms with Crippen LogP contribution in [-0.4, -0.2) is 31.2 Å². The summed E-state index contributed by atoms with van der Waals surface area (Å²) in [6.45, 7) is 2.74. The minimum absolute atomic E-state index is 0.0397. The summed E-state index contributed by atoms with van der Waals surface area (Å²) in [6, 6.07) is 0. The zero-order chi connectivity index (χ0) is 23.8. The van der Waals surface area contributed by atoms with Crippen molar-refractivity contribution in [3.05, 3.63) is 12.2 Å². The quantitative estimate of drug-likeness (QED) is 0.0870. The molecule has 0 aromatic rings. The third-order valence-electron chi connectivity index (χ3n) is 5.82. The van der Waals surface area contributed by atoms with Crippen LogP contribution in [-0.2, 0) is 14.9 Å². The van der Waals surface area contributed by atoms with Crippen LogP contribution in [0.3, 0.4) is 0 Å². The smallest absolute Gasteiger partial charge is 0.264 e. The Bertz CT molecular complexity index is 546. The monoisotopic (exact) mass is 473 g/mol. The van der Waals surface area contributed by atoms with Gasteiger partial charge in [-0.05, 0) is 44.9 Å². The van der Waals surface area contributed by atoms with Crippen LogP contribution in [0, 0.1) is 0 Å². The Morgan fingerprint density at radius 3 is 1.66 bits per heavy atom. The van der Waals surface area contributed by atoms with E-state index in [9.17, 15) is 13.2 Å². The minimum atomic E-state index is -3.88. The number of hydrogen-bond acceptors (Lipinski definition) is 3. The van der Waals surface area contributed by atoms with Crippen molar-refractivity contribution in [2.24, 2.45) is 0 Å². The van der Waals surface area contributed by atoms with Gasteiger partial charge in [0.05, 0.1) is 5.75 Å². The molecule has 190 valence electrons. The SMILES string of the molecule is CCCCCCCC/C=C\CCCCCCCCCCCC(=O)NCCCCS(=O)(=O)O. The number of carbonyl (C=O) groups is 1. The molecule has 0 aliphatic rings. The van der Waals surface area contributed by atoms with Crippen LogP contribution in [0.2, 0.25) is 0 Å². The number of amides is 1. The fraction of sp³-hybridized carbons (Fsp3) is 0.885. The Morgan fingerprint density at radius 1 is 0.688 bits per heavy atom. The van der Waals surface area contributed by atoms with E-state index in [1.165, 1.54) is 96.3 Å². The lowest BCUT2D eigenvalue weighted by Gasteiger charge is -2.05. The summed E-state index contributed by atoms with van der Waals surface area (Å²) in [5.41, 5.74) is 0. The van der Waals surface area contributed by atoms with E-state index in [0.717, 1.165) is 12.8 Å². The van der Waals surface area contributed by atoms with Gasteiger partial charge in [-0.1, -0.05) is 96.1 Å². The zero-order valence-electron chi connectivity index (χ0n) is 20.8. The maximum atomic E-state index is 11.7. The molecule has 6 heteroatoms. The average Bonchev–Trinajstić information content (AvgIpc) is 2.74. The van der Waals surface area contributed by atoms with Crippen LogP contribution < -0.4 is 5.32 Å². The van der Waals surface area contributed by atoms with Gasteiger partial charge < -0.3 is 5.32 Å². The molecule has 1 amide bonds. The zero-order valence-corrected chi connectivity index (χ0v) is 21.6. The first-order chi connectivity index (χ1) is 15.5. The molecule has 2 N–H and O–H groups in total. The lowest BCUT2D eigenvalue weighted by Crippen LogP contribution is -2.24. The molecule has 32 heavy (non-hydrogen) atoms. The molecule has 0 aliphatic heterocycles. The molecule has 0 rings (SSSR count). The fourth-order valence-corrected chi connectivity index (χ4v) is 4.36. The minimum Gasteiger partial charge on any atom is -0.356 e. The van der Waals surface area contributed by atoms with Crippen molar-refractivity contribution in [2.45, 2.75) is 135 Å². The molecule has 0 aromatic heterocycles. The van der Waals surface area contributed by atoms with Crippen molar-refractivity contribution in [1.29, 1.82) is 0 Å². The van der Waals surface area contributed by atoms with Gasteiger partial charge in [-0.2, -0.15) is 8.42 Å². The third-order valence-corrected chi connectivity index (χ3v) is 6.62. The van der Waals surface area contributed by atoms with Crippen molar-refractivity contribution < 1.29 is 17.8 Å². The molecule has 5 nitrogen and oxygen atoms in total. The number of nitrogens with one attached hydrogen (secondary N) is 1. The maximum Gasteiger partial charge on any atom is 0.264 e. The number of unbranched alkanes of at least 4 members (excludes halogenated alkanes) is 16. The first-order valence-corrected chi connectivity index (χ1v) is 14.9. The topological polar surface area (TPSA) is 83.5 Å². The molecule has 0 bridgehead atoms. The first kappa shape index (κ1) is 31.1. The largest absolute Gasteiger partial charge is 0.356 e. The molecule has 0 radical (unpaired) electrons. The predicted molar refractivity (Wildman–Crippen MR) is 137 cm³/mol. The van der Waals surface area contributed by atoms with E-state index in [1.54, 1.807) is 0 Å². The highest BCUT2D eigenvalue weighted by atomic mass is 32.2. The van der Waals surface area contributed by atoms with E-state index in [2.05, 4.69) is 24.4 Å². The summed E-state index contributed by atoms with van der Waals surface area (Å²) in [7, 11) is -3.88.